The first kappa shape index (κ1) is 18.3. The van der Waals surface area contributed by atoms with Crippen molar-refractivity contribution in [3.05, 3.63) is 76.8 Å². The third-order valence-corrected chi connectivity index (χ3v) is 4.77. The van der Waals surface area contributed by atoms with Crippen molar-refractivity contribution in [3.8, 4) is 17.2 Å². The Hall–Kier alpha value is -3.11. The Morgan fingerprint density at radius 1 is 1.04 bits per heavy atom. The monoisotopic (exact) mass is 390 g/mol. The second-order valence-corrected chi connectivity index (χ2v) is 7.35. The lowest BCUT2D eigenvalue weighted by Gasteiger charge is -2.04. The molecule has 0 aliphatic carbocycles. The smallest absolute Gasteiger partial charge is 0.227 e. The topological polar surface area (TPSA) is 58.6 Å². The highest BCUT2D eigenvalue weighted by atomic mass is 35.5. The van der Waals surface area contributed by atoms with Crippen LogP contribution in [0.4, 0.5) is 5.69 Å². The van der Waals surface area contributed by atoms with E-state index < -0.39 is 0 Å². The zero-order valence-corrected chi connectivity index (χ0v) is 16.3. The van der Waals surface area contributed by atoms with Crippen LogP contribution in [0, 0.1) is 0 Å². The van der Waals surface area contributed by atoms with E-state index in [0.29, 0.717) is 33.7 Å². The van der Waals surface area contributed by atoms with Gasteiger partial charge in [0.25, 0.3) is 0 Å². The second-order valence-electron chi connectivity index (χ2n) is 6.91. The Morgan fingerprint density at radius 2 is 1.82 bits per heavy atom. The molecule has 0 fully saturated rings. The van der Waals surface area contributed by atoms with Gasteiger partial charge in [-0.2, -0.15) is 0 Å². The van der Waals surface area contributed by atoms with E-state index in [9.17, 15) is 5.11 Å². The van der Waals surface area contributed by atoms with E-state index in [1.54, 1.807) is 24.4 Å². The van der Waals surface area contributed by atoms with Gasteiger partial charge in [-0.25, -0.2) is 4.98 Å². The fraction of sp³-hybridized carbons (Fsp3) is 0.130. The highest BCUT2D eigenvalue weighted by Crippen LogP contribution is 2.28. The molecule has 0 aliphatic rings. The van der Waals surface area contributed by atoms with Gasteiger partial charge >= 0.3 is 0 Å². The maximum Gasteiger partial charge on any atom is 0.227 e. The molecule has 140 valence electrons. The summed E-state index contributed by atoms with van der Waals surface area (Å²) < 4.78 is 5.93. The first-order valence-electron chi connectivity index (χ1n) is 9.03. The van der Waals surface area contributed by atoms with Crippen molar-refractivity contribution >= 4 is 34.6 Å². The molecule has 0 radical (unpaired) electrons. The summed E-state index contributed by atoms with van der Waals surface area (Å²) in [5.41, 5.74) is 4.90. The van der Waals surface area contributed by atoms with Gasteiger partial charge in [-0.05, 0) is 53.9 Å². The zero-order valence-electron chi connectivity index (χ0n) is 15.6. The maximum atomic E-state index is 9.89. The van der Waals surface area contributed by atoms with Crippen molar-refractivity contribution in [3.63, 3.8) is 0 Å². The Morgan fingerprint density at radius 3 is 2.57 bits per heavy atom. The predicted molar refractivity (Wildman–Crippen MR) is 114 cm³/mol. The number of halogens is 1. The third-order valence-electron chi connectivity index (χ3n) is 4.54. The van der Waals surface area contributed by atoms with Crippen LogP contribution in [-0.4, -0.2) is 16.3 Å². The molecule has 0 spiro atoms. The van der Waals surface area contributed by atoms with Crippen molar-refractivity contribution in [2.75, 3.05) is 0 Å². The number of phenolic OH excluding ortho intramolecular Hbond substituents is 1. The van der Waals surface area contributed by atoms with Gasteiger partial charge < -0.3 is 9.52 Å². The summed E-state index contributed by atoms with van der Waals surface area (Å²) in [6.07, 6.45) is 1.57. The maximum absolute atomic E-state index is 9.89. The molecule has 1 aromatic heterocycles. The number of benzene rings is 3. The number of phenols is 1. The average Bonchev–Trinajstić information content (AvgIpc) is 3.12. The normalized spacial score (nSPS) is 11.7. The molecule has 0 saturated heterocycles. The van der Waals surface area contributed by atoms with Gasteiger partial charge in [0.1, 0.15) is 11.3 Å². The summed E-state index contributed by atoms with van der Waals surface area (Å²) in [5.74, 6) is 1.19. The average molecular weight is 391 g/mol. The SMILES string of the molecule is CC(C)c1ccc(-c2nc3ccc(N=Cc4cc(Cl)ccc4O)cc3o2)cc1. The number of nitrogens with zero attached hydrogens (tertiary/aromatic N) is 2. The van der Waals surface area contributed by atoms with Crippen molar-refractivity contribution in [2.24, 2.45) is 4.99 Å². The molecule has 0 amide bonds. The highest BCUT2D eigenvalue weighted by Gasteiger charge is 2.09. The van der Waals surface area contributed by atoms with Crippen LogP contribution in [0.25, 0.3) is 22.6 Å². The summed E-state index contributed by atoms with van der Waals surface area (Å²) in [4.78, 5) is 8.98. The van der Waals surface area contributed by atoms with Crippen LogP contribution >= 0.6 is 11.6 Å². The Labute approximate surface area is 168 Å². The van der Waals surface area contributed by atoms with E-state index in [2.05, 4.69) is 36.0 Å². The van der Waals surface area contributed by atoms with Crippen LogP contribution in [0.5, 0.6) is 5.75 Å². The van der Waals surface area contributed by atoms with E-state index in [1.165, 1.54) is 5.56 Å². The van der Waals surface area contributed by atoms with Gasteiger partial charge in [0.05, 0.1) is 5.69 Å². The first-order valence-corrected chi connectivity index (χ1v) is 9.41. The van der Waals surface area contributed by atoms with Crippen LogP contribution in [0.15, 0.2) is 70.1 Å². The molecule has 5 heteroatoms. The lowest BCUT2D eigenvalue weighted by Crippen LogP contribution is -1.86. The largest absolute Gasteiger partial charge is 0.507 e. The number of rotatable bonds is 4. The minimum absolute atomic E-state index is 0.126. The Balaban J connectivity index is 1.63. The molecule has 0 unspecified atom stereocenters. The van der Waals surface area contributed by atoms with Gasteiger partial charge in [-0.15, -0.1) is 0 Å². The molecule has 0 aliphatic heterocycles. The lowest BCUT2D eigenvalue weighted by atomic mass is 10.0. The van der Waals surface area contributed by atoms with Crippen molar-refractivity contribution < 1.29 is 9.52 Å². The Kier molecular flexibility index (Phi) is 4.88. The summed E-state index contributed by atoms with van der Waals surface area (Å²) in [7, 11) is 0. The summed E-state index contributed by atoms with van der Waals surface area (Å²) in [6, 6.07) is 18.6. The van der Waals surface area contributed by atoms with Crippen molar-refractivity contribution in [1.29, 1.82) is 0 Å². The molecule has 4 aromatic rings. The molecule has 0 saturated carbocycles. The third kappa shape index (κ3) is 3.78. The van der Waals surface area contributed by atoms with Gasteiger partial charge in [-0.1, -0.05) is 37.6 Å². The molecule has 0 bridgehead atoms. The first-order chi connectivity index (χ1) is 13.5. The molecule has 0 atom stereocenters. The van der Waals surface area contributed by atoms with Crippen molar-refractivity contribution in [1.82, 2.24) is 4.98 Å². The van der Waals surface area contributed by atoms with E-state index >= 15 is 0 Å². The van der Waals surface area contributed by atoms with Crippen LogP contribution in [0.3, 0.4) is 0 Å². The van der Waals surface area contributed by atoms with E-state index in [0.717, 1.165) is 11.1 Å². The number of aliphatic imine (C=N–C) groups is 1. The number of aromatic hydroxyl groups is 1. The molecular formula is C23H19ClN2O2. The minimum Gasteiger partial charge on any atom is -0.507 e. The quantitative estimate of drug-likeness (QED) is 0.393. The fourth-order valence-corrected chi connectivity index (χ4v) is 3.08. The van der Waals surface area contributed by atoms with Crippen LogP contribution in [0.2, 0.25) is 5.02 Å². The minimum atomic E-state index is 0.126. The highest BCUT2D eigenvalue weighted by molar-refractivity contribution is 6.30. The fourth-order valence-electron chi connectivity index (χ4n) is 2.90. The van der Waals surface area contributed by atoms with E-state index in [-0.39, 0.29) is 5.75 Å². The second kappa shape index (κ2) is 7.49. The summed E-state index contributed by atoms with van der Waals surface area (Å²) in [5, 5.41) is 10.4. The number of fused-ring (bicyclic) bond motifs is 1. The van der Waals surface area contributed by atoms with Gasteiger partial charge in [0, 0.05) is 28.4 Å². The molecule has 4 nitrogen and oxygen atoms in total. The molecule has 1 N–H and O–H groups in total. The molecular weight excluding hydrogens is 372 g/mol. The van der Waals surface area contributed by atoms with Crippen LogP contribution < -0.4 is 0 Å². The number of aromatic nitrogens is 1. The van der Waals surface area contributed by atoms with E-state index in [4.69, 9.17) is 16.0 Å². The summed E-state index contributed by atoms with van der Waals surface area (Å²) in [6.45, 7) is 4.33. The molecule has 1 heterocycles. The predicted octanol–water partition coefficient (Wildman–Crippen LogP) is 6.73. The van der Waals surface area contributed by atoms with Gasteiger partial charge in [-0.3, -0.25) is 4.99 Å². The zero-order chi connectivity index (χ0) is 19.7. The van der Waals surface area contributed by atoms with Crippen molar-refractivity contribution in [2.45, 2.75) is 19.8 Å². The Bertz CT molecular complexity index is 1160. The molecule has 28 heavy (non-hydrogen) atoms. The molecule has 4 rings (SSSR count). The summed E-state index contributed by atoms with van der Waals surface area (Å²) >= 11 is 5.97. The number of oxazole rings is 1. The van der Waals surface area contributed by atoms with Crippen LogP contribution in [0.1, 0.15) is 30.9 Å². The standard InChI is InChI=1S/C23H19ClN2O2/c1-14(2)15-3-5-16(6-4-15)23-26-20-9-8-19(12-22(20)28-23)25-13-17-11-18(24)7-10-21(17)27/h3-14,27H,1-2H3. The van der Waals surface area contributed by atoms with Gasteiger partial charge in [0.2, 0.25) is 5.89 Å². The number of hydrogen-bond acceptors (Lipinski definition) is 4. The molecule has 3 aromatic carbocycles. The number of hydrogen-bond donors (Lipinski definition) is 1. The lowest BCUT2D eigenvalue weighted by molar-refractivity contribution is 0.474. The van der Waals surface area contributed by atoms with Gasteiger partial charge in [0.15, 0.2) is 5.58 Å². The van der Waals surface area contributed by atoms with E-state index in [1.807, 2.05) is 30.3 Å². The van der Waals surface area contributed by atoms with Crippen LogP contribution in [-0.2, 0) is 0 Å².